The molecule has 0 unspecified atom stereocenters. The van der Waals surface area contributed by atoms with Crippen molar-refractivity contribution in [1.82, 2.24) is 10.2 Å². The summed E-state index contributed by atoms with van der Waals surface area (Å²) < 4.78 is 10.5. The van der Waals surface area contributed by atoms with Crippen LogP contribution in [0.4, 0.5) is 5.69 Å². The lowest BCUT2D eigenvalue weighted by Gasteiger charge is -2.32. The lowest BCUT2D eigenvalue weighted by molar-refractivity contribution is 0.0697. The normalized spacial score (nSPS) is 13.9. The molecule has 0 aromatic heterocycles. The zero-order valence-corrected chi connectivity index (χ0v) is 17.3. The van der Waals surface area contributed by atoms with E-state index in [0.717, 1.165) is 0 Å². The number of hydrogen-bond donors (Lipinski definition) is 2. The van der Waals surface area contributed by atoms with Crippen LogP contribution in [0.15, 0.2) is 42.5 Å². The van der Waals surface area contributed by atoms with Crippen molar-refractivity contribution in [1.29, 1.82) is 0 Å². The van der Waals surface area contributed by atoms with E-state index in [4.69, 9.17) is 15.2 Å². The second kappa shape index (κ2) is 10.0. The van der Waals surface area contributed by atoms with E-state index in [-0.39, 0.29) is 30.3 Å². The Morgan fingerprint density at radius 3 is 2.31 bits per heavy atom. The number of ether oxygens (including phenoxy) is 2. The zero-order valence-electron chi connectivity index (χ0n) is 16.5. The third kappa shape index (κ3) is 5.12. The Bertz CT molecular complexity index is 867. The maximum atomic E-state index is 12.8. The first-order valence-corrected chi connectivity index (χ1v) is 9.20. The van der Waals surface area contributed by atoms with Crippen molar-refractivity contribution < 1.29 is 19.1 Å². The smallest absolute Gasteiger partial charge is 0.253 e. The van der Waals surface area contributed by atoms with Crippen molar-refractivity contribution in [2.75, 3.05) is 33.0 Å². The second-order valence-corrected chi connectivity index (χ2v) is 6.70. The van der Waals surface area contributed by atoms with Gasteiger partial charge in [-0.3, -0.25) is 9.59 Å². The van der Waals surface area contributed by atoms with Crippen molar-refractivity contribution in [3.63, 3.8) is 0 Å². The number of para-hydroxylation sites is 1. The van der Waals surface area contributed by atoms with Crippen LogP contribution in [0.1, 0.15) is 33.6 Å². The third-order valence-corrected chi connectivity index (χ3v) is 4.95. The van der Waals surface area contributed by atoms with Gasteiger partial charge in [0.2, 0.25) is 0 Å². The summed E-state index contributed by atoms with van der Waals surface area (Å²) in [4.78, 5) is 27.0. The van der Waals surface area contributed by atoms with Crippen LogP contribution >= 0.6 is 12.4 Å². The molecule has 1 aliphatic heterocycles. The Morgan fingerprint density at radius 2 is 1.69 bits per heavy atom. The predicted octanol–water partition coefficient (Wildman–Crippen LogP) is 2.74. The molecule has 29 heavy (non-hydrogen) atoms. The number of carbonyl (C=O) groups is 2. The Hall–Kier alpha value is -2.93. The molecule has 0 aliphatic carbocycles. The number of piperidine rings is 1. The van der Waals surface area contributed by atoms with E-state index in [0.29, 0.717) is 54.2 Å². The zero-order chi connectivity index (χ0) is 20.1. The molecule has 0 atom stereocenters. The van der Waals surface area contributed by atoms with Crippen molar-refractivity contribution >= 4 is 29.9 Å². The molecule has 0 spiro atoms. The Morgan fingerprint density at radius 1 is 1.03 bits per heavy atom. The number of methoxy groups -OCH3 is 2. The van der Waals surface area contributed by atoms with E-state index in [1.54, 1.807) is 61.6 Å². The average Bonchev–Trinajstić information content (AvgIpc) is 2.73. The lowest BCUT2D eigenvalue weighted by atomic mass is 10.0. The van der Waals surface area contributed by atoms with Crippen LogP contribution in [0.5, 0.6) is 11.5 Å². The van der Waals surface area contributed by atoms with Crippen LogP contribution in [-0.2, 0) is 0 Å². The minimum absolute atomic E-state index is 0. The van der Waals surface area contributed by atoms with Gasteiger partial charge in [-0.2, -0.15) is 0 Å². The van der Waals surface area contributed by atoms with Crippen molar-refractivity contribution in [2.45, 2.75) is 18.9 Å². The van der Waals surface area contributed by atoms with Gasteiger partial charge in [0, 0.05) is 30.4 Å². The molecule has 2 aromatic rings. The summed E-state index contributed by atoms with van der Waals surface area (Å²) in [5.74, 6) is 0.873. The largest absolute Gasteiger partial charge is 0.493 e. The van der Waals surface area contributed by atoms with Gasteiger partial charge in [-0.25, -0.2) is 0 Å². The van der Waals surface area contributed by atoms with E-state index in [1.807, 2.05) is 0 Å². The first-order valence-electron chi connectivity index (χ1n) is 9.20. The highest BCUT2D eigenvalue weighted by molar-refractivity contribution is 5.99. The molecule has 7 nitrogen and oxygen atoms in total. The predicted molar refractivity (Wildman–Crippen MR) is 114 cm³/mol. The molecule has 1 saturated heterocycles. The molecule has 1 heterocycles. The summed E-state index contributed by atoms with van der Waals surface area (Å²) in [7, 11) is 3.10. The molecule has 3 rings (SSSR count). The lowest BCUT2D eigenvalue weighted by Crippen LogP contribution is -2.46. The van der Waals surface area contributed by atoms with Gasteiger partial charge in [-0.15, -0.1) is 12.4 Å². The van der Waals surface area contributed by atoms with Gasteiger partial charge in [0.05, 0.1) is 19.8 Å². The van der Waals surface area contributed by atoms with E-state index in [2.05, 4.69) is 5.32 Å². The number of carbonyl (C=O) groups excluding carboxylic acids is 2. The summed E-state index contributed by atoms with van der Waals surface area (Å²) in [5, 5.41) is 3.02. The summed E-state index contributed by atoms with van der Waals surface area (Å²) in [6, 6.07) is 12.2. The highest BCUT2D eigenvalue weighted by Crippen LogP contribution is 2.28. The molecule has 1 fully saturated rings. The molecule has 3 N–H and O–H groups in total. The second-order valence-electron chi connectivity index (χ2n) is 6.70. The number of likely N-dealkylation sites (tertiary alicyclic amines) is 1. The highest BCUT2D eigenvalue weighted by Gasteiger charge is 2.25. The molecule has 0 radical (unpaired) electrons. The summed E-state index contributed by atoms with van der Waals surface area (Å²) >= 11 is 0. The minimum Gasteiger partial charge on any atom is -0.493 e. The minimum atomic E-state index is -0.178. The van der Waals surface area contributed by atoms with Gasteiger partial charge in [0.15, 0.2) is 11.5 Å². The molecule has 156 valence electrons. The molecule has 1 aliphatic rings. The maximum Gasteiger partial charge on any atom is 0.253 e. The fraction of sp³-hybridized carbons (Fsp3) is 0.333. The highest BCUT2D eigenvalue weighted by atomic mass is 35.5. The number of amides is 2. The number of nitrogen functional groups attached to an aromatic ring is 1. The molecular weight excluding hydrogens is 394 g/mol. The maximum absolute atomic E-state index is 12.8. The average molecular weight is 420 g/mol. The molecule has 2 amide bonds. The first-order chi connectivity index (χ1) is 13.5. The van der Waals surface area contributed by atoms with Crippen LogP contribution in [0.3, 0.4) is 0 Å². The fourth-order valence-corrected chi connectivity index (χ4v) is 3.35. The van der Waals surface area contributed by atoms with Gasteiger partial charge in [0.25, 0.3) is 11.8 Å². The van der Waals surface area contributed by atoms with Crippen LogP contribution in [-0.4, -0.2) is 50.1 Å². The number of anilines is 1. The first kappa shape index (κ1) is 22.4. The number of hydrogen-bond acceptors (Lipinski definition) is 5. The molecule has 0 saturated carbocycles. The molecular formula is C21H26ClN3O4. The fourth-order valence-electron chi connectivity index (χ4n) is 3.35. The molecule has 0 bridgehead atoms. The van der Waals surface area contributed by atoms with Crippen molar-refractivity contribution in [3.8, 4) is 11.5 Å². The monoisotopic (exact) mass is 419 g/mol. The van der Waals surface area contributed by atoms with E-state index in [1.165, 1.54) is 0 Å². The van der Waals surface area contributed by atoms with Crippen molar-refractivity contribution in [2.24, 2.45) is 0 Å². The van der Waals surface area contributed by atoms with E-state index in [9.17, 15) is 9.59 Å². The third-order valence-electron chi connectivity index (χ3n) is 4.95. The molecule has 8 heteroatoms. The number of rotatable bonds is 5. The number of nitrogens with two attached hydrogens (primary N) is 1. The number of nitrogens with one attached hydrogen (secondary N) is 1. The van der Waals surface area contributed by atoms with Crippen LogP contribution in [0.2, 0.25) is 0 Å². The Balaban J connectivity index is 0.00000300. The van der Waals surface area contributed by atoms with E-state index < -0.39 is 0 Å². The quantitative estimate of drug-likeness (QED) is 0.727. The van der Waals surface area contributed by atoms with Crippen LogP contribution < -0.4 is 20.5 Å². The SMILES string of the molecule is COc1ccc(C(=O)N2CCC(NC(=O)c3ccccc3N)CC2)cc1OC.Cl. The summed E-state index contributed by atoms with van der Waals surface area (Å²) in [5.41, 5.74) is 7.35. The Labute approximate surface area is 176 Å². The van der Waals surface area contributed by atoms with E-state index >= 15 is 0 Å². The van der Waals surface area contributed by atoms with Crippen LogP contribution in [0, 0.1) is 0 Å². The number of benzene rings is 2. The summed E-state index contributed by atoms with van der Waals surface area (Å²) in [6.45, 7) is 1.14. The topological polar surface area (TPSA) is 93.9 Å². The van der Waals surface area contributed by atoms with Gasteiger partial charge >= 0.3 is 0 Å². The molecule has 2 aromatic carbocycles. The Kier molecular flexibility index (Phi) is 7.73. The van der Waals surface area contributed by atoms with Crippen LogP contribution in [0.25, 0.3) is 0 Å². The van der Waals surface area contributed by atoms with Gasteiger partial charge in [-0.05, 0) is 43.2 Å². The summed E-state index contributed by atoms with van der Waals surface area (Å²) in [6.07, 6.45) is 1.38. The van der Waals surface area contributed by atoms with Gasteiger partial charge in [0.1, 0.15) is 0 Å². The number of halogens is 1. The standard InChI is InChI=1S/C21H25N3O4.ClH/c1-27-18-8-7-14(13-19(18)28-2)21(26)24-11-9-15(10-12-24)23-20(25)16-5-3-4-6-17(16)22;/h3-8,13,15H,9-12,22H2,1-2H3,(H,23,25);1H. The van der Waals surface area contributed by atoms with Crippen molar-refractivity contribution in [3.05, 3.63) is 53.6 Å². The number of nitrogens with zero attached hydrogens (tertiary/aromatic N) is 1. The van der Waals surface area contributed by atoms with Gasteiger partial charge < -0.3 is 25.4 Å². The van der Waals surface area contributed by atoms with Gasteiger partial charge in [-0.1, -0.05) is 12.1 Å².